The summed E-state index contributed by atoms with van der Waals surface area (Å²) < 4.78 is 6.04. The first-order valence-electron chi connectivity index (χ1n) is 12.1. The summed E-state index contributed by atoms with van der Waals surface area (Å²) in [6.45, 7) is 6.15. The summed E-state index contributed by atoms with van der Waals surface area (Å²) in [4.78, 5) is 6.60. The Balaban J connectivity index is 1.36. The molecule has 0 N–H and O–H groups in total. The van der Waals surface area contributed by atoms with Crippen LogP contribution in [0.4, 0.5) is 0 Å². The Morgan fingerprint density at radius 2 is 1.88 bits per heavy atom. The largest absolute Gasteiger partial charge is 0.474 e. The molecule has 0 bridgehead atoms. The van der Waals surface area contributed by atoms with Crippen molar-refractivity contribution in [2.75, 3.05) is 13.6 Å². The average molecular weight is 467 g/mol. The van der Waals surface area contributed by atoms with E-state index in [1.165, 1.54) is 11.1 Å². The van der Waals surface area contributed by atoms with E-state index in [1.54, 1.807) is 6.20 Å². The number of aromatic nitrogens is 1. The van der Waals surface area contributed by atoms with Crippen molar-refractivity contribution in [1.29, 1.82) is 0 Å². The number of pyridine rings is 1. The lowest BCUT2D eigenvalue weighted by atomic mass is 9.85. The van der Waals surface area contributed by atoms with Gasteiger partial charge in [0, 0.05) is 36.1 Å². The van der Waals surface area contributed by atoms with Crippen molar-refractivity contribution in [3.05, 3.63) is 58.7 Å². The lowest BCUT2D eigenvalue weighted by Gasteiger charge is -2.28. The summed E-state index contributed by atoms with van der Waals surface area (Å²) in [5, 5.41) is 10.3. The fourth-order valence-electron chi connectivity index (χ4n) is 5.00. The molecule has 33 heavy (non-hydrogen) atoms. The molecule has 6 heteroatoms. The van der Waals surface area contributed by atoms with Crippen LogP contribution in [0.2, 0.25) is 5.02 Å². The first kappa shape index (κ1) is 23.9. The quantitative estimate of drug-likeness (QED) is 0.398. The minimum Gasteiger partial charge on any atom is -0.474 e. The average Bonchev–Trinajstić information content (AvgIpc) is 2.85. The molecule has 5 nitrogen and oxygen atoms in total. The molecule has 1 aliphatic heterocycles. The molecule has 0 amide bonds. The number of fused-ring (bicyclic) bond motifs is 1. The van der Waals surface area contributed by atoms with E-state index in [-0.39, 0.29) is 6.10 Å². The summed E-state index contributed by atoms with van der Waals surface area (Å²) >= 11 is 6.26. The smallest absolute Gasteiger partial charge is 0.213 e. The zero-order chi connectivity index (χ0) is 23.2. The molecule has 0 radical (unpaired) electrons. The Hall–Kier alpha value is -2.24. The second-order valence-corrected chi connectivity index (χ2v) is 10.2. The third-order valence-electron chi connectivity index (χ3n) is 6.75. The minimum atomic E-state index is 0.245. The van der Waals surface area contributed by atoms with Crippen molar-refractivity contribution >= 4 is 23.0 Å². The molecule has 2 heterocycles. The highest BCUT2D eigenvalue weighted by molar-refractivity contribution is 6.30. The van der Waals surface area contributed by atoms with E-state index in [0.29, 0.717) is 11.8 Å². The van der Waals surface area contributed by atoms with Crippen LogP contribution >= 0.6 is 11.6 Å². The zero-order valence-electron chi connectivity index (χ0n) is 20.0. The van der Waals surface area contributed by atoms with Gasteiger partial charge in [-0.3, -0.25) is 4.90 Å². The van der Waals surface area contributed by atoms with Crippen molar-refractivity contribution in [2.24, 2.45) is 22.0 Å². The van der Waals surface area contributed by atoms with E-state index < -0.39 is 0 Å². The zero-order valence-corrected chi connectivity index (χ0v) is 20.8. The molecular weight excluding hydrogens is 432 g/mol. The molecule has 4 rings (SSSR count). The maximum Gasteiger partial charge on any atom is 0.213 e. The number of nitrogens with zero attached hydrogens (tertiary/aromatic N) is 4. The van der Waals surface area contributed by atoms with E-state index in [9.17, 15) is 0 Å². The van der Waals surface area contributed by atoms with Gasteiger partial charge in [-0.05, 0) is 93.7 Å². The predicted molar refractivity (Wildman–Crippen MR) is 136 cm³/mol. The number of hydrogen-bond donors (Lipinski definition) is 0. The molecule has 1 fully saturated rings. The van der Waals surface area contributed by atoms with Crippen molar-refractivity contribution in [3.63, 3.8) is 0 Å². The van der Waals surface area contributed by atoms with E-state index in [4.69, 9.17) is 26.5 Å². The fraction of sp³-hybridized carbons (Fsp3) is 0.519. The second-order valence-electron chi connectivity index (χ2n) is 9.77. The van der Waals surface area contributed by atoms with E-state index in [1.807, 2.05) is 24.3 Å². The highest BCUT2D eigenvalue weighted by atomic mass is 35.5. The molecule has 1 aromatic heterocycles. The summed E-state index contributed by atoms with van der Waals surface area (Å²) in [6, 6.07) is 12.1. The predicted octanol–water partition coefficient (Wildman–Crippen LogP) is 6.20. The molecule has 176 valence electrons. The maximum absolute atomic E-state index is 6.26. The first-order valence-corrected chi connectivity index (χ1v) is 12.5. The van der Waals surface area contributed by atoms with Gasteiger partial charge in [0.25, 0.3) is 0 Å². The van der Waals surface area contributed by atoms with Crippen molar-refractivity contribution in [3.8, 4) is 5.88 Å². The Kier molecular flexibility index (Phi) is 8.15. The molecule has 0 spiro atoms. The van der Waals surface area contributed by atoms with Crippen LogP contribution in [0.3, 0.4) is 0 Å². The molecule has 2 aliphatic rings. The molecule has 2 aromatic rings. The lowest BCUT2D eigenvalue weighted by molar-refractivity contribution is 0.139. The van der Waals surface area contributed by atoms with Crippen LogP contribution in [-0.2, 0) is 13.0 Å². The molecule has 1 atom stereocenters. The van der Waals surface area contributed by atoms with Gasteiger partial charge in [0.1, 0.15) is 6.10 Å². The lowest BCUT2D eigenvalue weighted by Crippen LogP contribution is -2.27. The summed E-state index contributed by atoms with van der Waals surface area (Å²) in [5.41, 5.74) is 5.02. The monoisotopic (exact) mass is 466 g/mol. The third kappa shape index (κ3) is 6.87. The SMILES string of the molecule is C/C(=N\N=C1/CC(C)Cc2ccc(Cl)cc2CN(C)C1)C1CCC(Oc2ccccn2)CC1. The van der Waals surface area contributed by atoms with Gasteiger partial charge in [-0.15, -0.1) is 0 Å². The summed E-state index contributed by atoms with van der Waals surface area (Å²) in [7, 11) is 2.15. The molecule has 1 unspecified atom stereocenters. The summed E-state index contributed by atoms with van der Waals surface area (Å²) in [5.74, 6) is 1.72. The standard InChI is InChI=1S/C27H35ClN4O/c1-19-14-22-7-10-24(28)16-23(22)17-32(3)18-25(15-19)31-30-20(2)21-8-11-26(12-9-21)33-27-6-4-5-13-29-27/h4-7,10,13,16,19,21,26H,8-9,11-12,14-15,17-18H2,1-3H3/b30-20+,31-25+. The topological polar surface area (TPSA) is 50.1 Å². The van der Waals surface area contributed by atoms with Crippen molar-refractivity contribution < 1.29 is 4.74 Å². The number of halogens is 1. The first-order chi connectivity index (χ1) is 16.0. The van der Waals surface area contributed by atoms with Gasteiger partial charge < -0.3 is 4.74 Å². The van der Waals surface area contributed by atoms with Gasteiger partial charge in [0.05, 0.1) is 5.71 Å². The van der Waals surface area contributed by atoms with Crippen LogP contribution in [-0.4, -0.2) is 41.0 Å². The fourth-order valence-corrected chi connectivity index (χ4v) is 5.20. The van der Waals surface area contributed by atoms with E-state index in [0.717, 1.165) is 73.9 Å². The highest BCUT2D eigenvalue weighted by Gasteiger charge is 2.25. The van der Waals surface area contributed by atoms with Crippen LogP contribution in [0.1, 0.15) is 57.1 Å². The highest BCUT2D eigenvalue weighted by Crippen LogP contribution is 2.28. The van der Waals surface area contributed by atoms with Crippen LogP contribution in [0.25, 0.3) is 0 Å². The Morgan fingerprint density at radius 3 is 2.64 bits per heavy atom. The Labute approximate surface area is 202 Å². The van der Waals surface area contributed by atoms with Gasteiger partial charge >= 0.3 is 0 Å². The molecule has 0 saturated heterocycles. The second kappa shape index (κ2) is 11.3. The van der Waals surface area contributed by atoms with Crippen molar-refractivity contribution in [2.45, 2.75) is 65.0 Å². The Morgan fingerprint density at radius 1 is 1.06 bits per heavy atom. The van der Waals surface area contributed by atoms with Crippen LogP contribution in [0.15, 0.2) is 52.8 Å². The van der Waals surface area contributed by atoms with Crippen molar-refractivity contribution in [1.82, 2.24) is 9.88 Å². The normalized spacial score (nSPS) is 26.2. The third-order valence-corrected chi connectivity index (χ3v) is 6.99. The van der Waals surface area contributed by atoms with Gasteiger partial charge in [-0.1, -0.05) is 30.7 Å². The number of ether oxygens (including phenoxy) is 1. The van der Waals surface area contributed by atoms with Crippen LogP contribution < -0.4 is 4.74 Å². The van der Waals surface area contributed by atoms with Gasteiger partial charge in [0.15, 0.2) is 0 Å². The number of rotatable bonds is 4. The van der Waals surface area contributed by atoms with Crippen LogP contribution in [0, 0.1) is 11.8 Å². The Bertz CT molecular complexity index is 983. The minimum absolute atomic E-state index is 0.245. The molecule has 1 aliphatic carbocycles. The van der Waals surface area contributed by atoms with Crippen LogP contribution in [0.5, 0.6) is 5.88 Å². The number of hydrogen-bond acceptors (Lipinski definition) is 5. The maximum atomic E-state index is 6.26. The summed E-state index contributed by atoms with van der Waals surface area (Å²) in [6.07, 6.45) is 8.27. The molecule has 1 aromatic carbocycles. The molecular formula is C27H35ClN4O. The van der Waals surface area contributed by atoms with Gasteiger partial charge in [-0.2, -0.15) is 10.2 Å². The van der Waals surface area contributed by atoms with E-state index >= 15 is 0 Å². The van der Waals surface area contributed by atoms with Gasteiger partial charge in [0.2, 0.25) is 5.88 Å². The van der Waals surface area contributed by atoms with Gasteiger partial charge in [-0.25, -0.2) is 4.98 Å². The number of benzene rings is 1. The van der Waals surface area contributed by atoms with E-state index in [2.05, 4.69) is 42.9 Å². The molecule has 1 saturated carbocycles.